The highest BCUT2D eigenvalue weighted by Crippen LogP contribution is 2.32. The first-order valence-corrected chi connectivity index (χ1v) is 15.0. The molecule has 2 aromatic heterocycles. The molecule has 5 rings (SSSR count). The second-order valence-corrected chi connectivity index (χ2v) is 12.3. The van der Waals surface area contributed by atoms with Crippen LogP contribution >= 0.6 is 0 Å². The van der Waals surface area contributed by atoms with Crippen molar-refractivity contribution in [2.45, 2.75) is 97.3 Å². The Morgan fingerprint density at radius 3 is 2.50 bits per heavy atom. The first-order valence-electron chi connectivity index (χ1n) is 15.0. The lowest BCUT2D eigenvalue weighted by molar-refractivity contribution is -0.0654. The van der Waals surface area contributed by atoms with Crippen molar-refractivity contribution >= 4 is 5.78 Å². The van der Waals surface area contributed by atoms with E-state index in [1.165, 1.54) is 0 Å². The number of ether oxygens (including phenoxy) is 1. The topological polar surface area (TPSA) is 105 Å². The summed E-state index contributed by atoms with van der Waals surface area (Å²) in [5, 5.41) is 24.4. The summed E-state index contributed by atoms with van der Waals surface area (Å²) in [4.78, 5) is 19.1. The van der Waals surface area contributed by atoms with Crippen LogP contribution in [0.2, 0.25) is 0 Å². The highest BCUT2D eigenvalue weighted by atomic mass is 16.5. The third kappa shape index (κ3) is 6.18. The summed E-state index contributed by atoms with van der Waals surface area (Å²) in [5.41, 5.74) is 5.53. The number of rotatable bonds is 9. The van der Waals surface area contributed by atoms with Crippen molar-refractivity contribution in [3.8, 4) is 17.2 Å². The lowest BCUT2D eigenvalue weighted by Crippen LogP contribution is -2.36. The first-order chi connectivity index (χ1) is 20.1. The third-order valence-corrected chi connectivity index (χ3v) is 8.17. The fraction of sp³-hybridized carbons (Fsp3) is 0.471. The van der Waals surface area contributed by atoms with Crippen molar-refractivity contribution in [2.75, 3.05) is 6.61 Å². The number of benzene rings is 2. The van der Waals surface area contributed by atoms with Gasteiger partial charge in [0.05, 0.1) is 35.6 Å². The van der Waals surface area contributed by atoms with Gasteiger partial charge in [-0.15, -0.1) is 0 Å². The Morgan fingerprint density at radius 1 is 1.10 bits per heavy atom. The van der Waals surface area contributed by atoms with Crippen LogP contribution in [0.5, 0.6) is 0 Å². The molecule has 0 radical (unpaired) electrons. The molecule has 2 aromatic carbocycles. The number of aromatic nitrogens is 4. The van der Waals surface area contributed by atoms with E-state index in [0.29, 0.717) is 30.2 Å². The molecule has 0 spiro atoms. The minimum absolute atomic E-state index is 0.00612. The van der Waals surface area contributed by atoms with Gasteiger partial charge in [-0.1, -0.05) is 49.7 Å². The van der Waals surface area contributed by atoms with Crippen LogP contribution in [-0.4, -0.2) is 42.6 Å². The zero-order chi connectivity index (χ0) is 30.0. The normalized spacial score (nSPS) is 17.5. The maximum absolute atomic E-state index is 14.4. The Bertz CT molecular complexity index is 1680. The van der Waals surface area contributed by atoms with E-state index in [1.807, 2.05) is 40.3 Å². The molecule has 1 N–H and O–H groups in total. The average molecular weight is 568 g/mol. The van der Waals surface area contributed by atoms with Crippen LogP contribution in [0.3, 0.4) is 0 Å². The summed E-state index contributed by atoms with van der Waals surface area (Å²) in [6, 6.07) is 16.2. The van der Waals surface area contributed by atoms with Gasteiger partial charge in [0.1, 0.15) is 5.82 Å². The Hall–Kier alpha value is -3.80. The predicted octanol–water partition coefficient (Wildman–Crippen LogP) is 5.86. The van der Waals surface area contributed by atoms with E-state index in [9.17, 15) is 15.2 Å². The standard InChI is InChI=1S/C34H41N5O3/c1-6-9-31-30(19-24-12-17-28(22(2)18-24)29-11-8-7-10-25(29)20-35)32(40)38(33-36-23(3)37-39(31)33)26-13-15-27(16-14-26)42-21-34(4,5)41/h7-8,10-12,17-18,26-27,41H,6,9,13-16,19,21H2,1-5H3. The van der Waals surface area contributed by atoms with Crippen LogP contribution < -0.4 is 5.56 Å². The fourth-order valence-electron chi connectivity index (χ4n) is 6.18. The van der Waals surface area contributed by atoms with E-state index in [2.05, 4.69) is 38.1 Å². The highest BCUT2D eigenvalue weighted by molar-refractivity contribution is 5.73. The number of aliphatic hydroxyl groups is 1. The second-order valence-electron chi connectivity index (χ2n) is 12.3. The van der Waals surface area contributed by atoms with Crippen molar-refractivity contribution in [1.82, 2.24) is 19.2 Å². The highest BCUT2D eigenvalue weighted by Gasteiger charge is 2.29. The lowest BCUT2D eigenvalue weighted by atomic mass is 9.91. The molecule has 42 heavy (non-hydrogen) atoms. The van der Waals surface area contributed by atoms with Crippen LogP contribution in [0.25, 0.3) is 16.9 Å². The molecule has 1 fully saturated rings. The van der Waals surface area contributed by atoms with Crippen molar-refractivity contribution in [1.29, 1.82) is 5.26 Å². The minimum atomic E-state index is -0.862. The summed E-state index contributed by atoms with van der Waals surface area (Å²) in [6.45, 7) is 9.85. The molecule has 0 unspecified atom stereocenters. The van der Waals surface area contributed by atoms with Crippen LogP contribution in [-0.2, 0) is 17.6 Å². The first kappa shape index (κ1) is 29.7. The number of nitrogens with zero attached hydrogens (tertiary/aromatic N) is 5. The van der Waals surface area contributed by atoms with E-state index in [4.69, 9.17) is 14.8 Å². The molecule has 0 aliphatic heterocycles. The van der Waals surface area contributed by atoms with Gasteiger partial charge < -0.3 is 9.84 Å². The van der Waals surface area contributed by atoms with E-state index in [0.717, 1.165) is 72.0 Å². The van der Waals surface area contributed by atoms with Gasteiger partial charge >= 0.3 is 0 Å². The fourth-order valence-corrected chi connectivity index (χ4v) is 6.18. The largest absolute Gasteiger partial charge is 0.388 e. The van der Waals surface area contributed by atoms with Crippen LogP contribution in [0.15, 0.2) is 47.3 Å². The van der Waals surface area contributed by atoms with E-state index < -0.39 is 5.60 Å². The molecule has 0 saturated heterocycles. The molecule has 8 nitrogen and oxygen atoms in total. The molecule has 4 aromatic rings. The van der Waals surface area contributed by atoms with E-state index in [-0.39, 0.29) is 17.7 Å². The quantitative estimate of drug-likeness (QED) is 0.272. The molecule has 2 heterocycles. The van der Waals surface area contributed by atoms with Gasteiger partial charge in [-0.05, 0) is 88.1 Å². The number of hydrogen-bond donors (Lipinski definition) is 1. The van der Waals surface area contributed by atoms with Gasteiger partial charge in [0.2, 0.25) is 5.78 Å². The molecule has 1 saturated carbocycles. The number of fused-ring (bicyclic) bond motifs is 1. The number of hydrogen-bond acceptors (Lipinski definition) is 6. The molecule has 0 atom stereocenters. The Balaban J connectivity index is 1.51. The predicted molar refractivity (Wildman–Crippen MR) is 164 cm³/mol. The van der Waals surface area contributed by atoms with Crippen molar-refractivity contribution in [3.05, 3.63) is 86.6 Å². The van der Waals surface area contributed by atoms with Crippen LogP contribution in [0.4, 0.5) is 0 Å². The van der Waals surface area contributed by atoms with Gasteiger partial charge in [-0.2, -0.15) is 15.3 Å². The number of aryl methyl sites for hydroxylation is 3. The molecular formula is C34H41N5O3. The lowest BCUT2D eigenvalue weighted by Gasteiger charge is -2.32. The monoisotopic (exact) mass is 567 g/mol. The molecular weight excluding hydrogens is 526 g/mol. The molecule has 1 aliphatic carbocycles. The molecule has 8 heteroatoms. The molecule has 0 amide bonds. The SMILES string of the molecule is CCCc1c(Cc2ccc(-c3ccccc3C#N)c(C)c2)c(=O)n(C2CCC(OCC(C)(C)O)CC2)c2nc(C)nn12. The third-order valence-electron chi connectivity index (χ3n) is 8.17. The van der Waals surface area contributed by atoms with Crippen LogP contribution in [0.1, 0.15) is 92.7 Å². The summed E-state index contributed by atoms with van der Waals surface area (Å²) < 4.78 is 9.77. The van der Waals surface area contributed by atoms with Gasteiger partial charge in [0.15, 0.2) is 0 Å². The smallest absolute Gasteiger partial charge is 0.259 e. The minimum Gasteiger partial charge on any atom is -0.388 e. The molecule has 1 aliphatic rings. The molecule has 0 bridgehead atoms. The maximum Gasteiger partial charge on any atom is 0.259 e. The second kappa shape index (κ2) is 12.2. The zero-order valence-corrected chi connectivity index (χ0v) is 25.4. The summed E-state index contributed by atoms with van der Waals surface area (Å²) in [6.07, 6.45) is 5.44. The Labute approximate surface area is 247 Å². The van der Waals surface area contributed by atoms with Gasteiger partial charge in [0, 0.05) is 18.0 Å². The summed E-state index contributed by atoms with van der Waals surface area (Å²) in [5.74, 6) is 1.27. The zero-order valence-electron chi connectivity index (χ0n) is 25.4. The van der Waals surface area contributed by atoms with E-state index in [1.54, 1.807) is 13.8 Å². The van der Waals surface area contributed by atoms with Crippen molar-refractivity contribution < 1.29 is 9.84 Å². The van der Waals surface area contributed by atoms with Gasteiger partial charge in [-0.25, -0.2) is 4.52 Å². The van der Waals surface area contributed by atoms with Gasteiger partial charge in [0.25, 0.3) is 5.56 Å². The van der Waals surface area contributed by atoms with Crippen molar-refractivity contribution in [2.24, 2.45) is 0 Å². The number of nitriles is 1. The van der Waals surface area contributed by atoms with Crippen molar-refractivity contribution in [3.63, 3.8) is 0 Å². The molecule has 220 valence electrons. The summed E-state index contributed by atoms with van der Waals surface area (Å²) >= 11 is 0. The Morgan fingerprint density at radius 2 is 1.83 bits per heavy atom. The Kier molecular flexibility index (Phi) is 8.63. The summed E-state index contributed by atoms with van der Waals surface area (Å²) in [7, 11) is 0. The average Bonchev–Trinajstić information content (AvgIpc) is 3.35. The van der Waals surface area contributed by atoms with Crippen LogP contribution in [0, 0.1) is 25.2 Å². The van der Waals surface area contributed by atoms with E-state index >= 15 is 0 Å². The van der Waals surface area contributed by atoms with Gasteiger partial charge in [-0.3, -0.25) is 9.36 Å². The maximum atomic E-state index is 14.4.